The molecule has 2 aliphatic heterocycles. The minimum absolute atomic E-state index is 0.0132. The van der Waals surface area contributed by atoms with Crippen LogP contribution in [0.1, 0.15) is 19.3 Å². The molecule has 0 bridgehead atoms. The molecule has 0 aliphatic carbocycles. The number of nitrogens with zero attached hydrogens (tertiary/aromatic N) is 1. The topological polar surface area (TPSA) is 78.9 Å². The van der Waals surface area contributed by atoms with Crippen LogP contribution in [0.2, 0.25) is 0 Å². The van der Waals surface area contributed by atoms with Gasteiger partial charge in [-0.05, 0) is 19.4 Å². The Morgan fingerprint density at radius 3 is 2.82 bits per heavy atom. The first-order valence-electron chi connectivity index (χ1n) is 6.05. The minimum atomic E-state index is -1.00. The van der Waals surface area contributed by atoms with E-state index in [1.165, 1.54) is 0 Å². The minimum Gasteiger partial charge on any atom is -0.479 e. The molecule has 0 saturated carbocycles. The summed E-state index contributed by atoms with van der Waals surface area (Å²) in [6.07, 6.45) is 2.12. The lowest BCUT2D eigenvalue weighted by atomic mass is 10.0. The number of carbonyl (C=O) groups excluding carboxylic acids is 1. The molecule has 2 N–H and O–H groups in total. The van der Waals surface area contributed by atoms with E-state index in [0.29, 0.717) is 13.2 Å². The van der Waals surface area contributed by atoms with Gasteiger partial charge in [0.15, 0.2) is 6.10 Å². The van der Waals surface area contributed by atoms with Crippen LogP contribution in [-0.4, -0.2) is 60.3 Å². The molecule has 0 spiro atoms. The second-order valence-electron chi connectivity index (χ2n) is 4.48. The maximum absolute atomic E-state index is 12.1. The second-order valence-corrected chi connectivity index (χ2v) is 4.48. The van der Waals surface area contributed by atoms with Gasteiger partial charge in [-0.15, -0.1) is 0 Å². The molecule has 2 atom stereocenters. The molecule has 0 aromatic carbocycles. The fourth-order valence-corrected chi connectivity index (χ4v) is 2.28. The van der Waals surface area contributed by atoms with Crippen LogP contribution in [-0.2, 0) is 14.3 Å². The molecule has 6 heteroatoms. The van der Waals surface area contributed by atoms with Crippen LogP contribution >= 0.6 is 0 Å². The monoisotopic (exact) mass is 242 g/mol. The van der Waals surface area contributed by atoms with Crippen LogP contribution in [0.3, 0.4) is 0 Å². The smallest absolute Gasteiger partial charge is 0.334 e. The van der Waals surface area contributed by atoms with Crippen LogP contribution in [0.15, 0.2) is 0 Å². The zero-order valence-corrected chi connectivity index (χ0v) is 9.72. The lowest BCUT2D eigenvalue weighted by Gasteiger charge is -2.34. The van der Waals surface area contributed by atoms with E-state index < -0.39 is 12.1 Å². The van der Waals surface area contributed by atoms with Gasteiger partial charge in [0.25, 0.3) is 0 Å². The molecule has 2 saturated heterocycles. The predicted molar refractivity (Wildman–Crippen MR) is 59.6 cm³/mol. The molecule has 2 fully saturated rings. The van der Waals surface area contributed by atoms with Gasteiger partial charge in [0.2, 0.25) is 5.91 Å². The molecule has 2 aliphatic rings. The van der Waals surface area contributed by atoms with Crippen molar-refractivity contribution in [1.82, 2.24) is 10.2 Å². The number of hydrogen-bond donors (Lipinski definition) is 2. The molecule has 2 heterocycles. The van der Waals surface area contributed by atoms with Gasteiger partial charge in [0.05, 0.1) is 19.2 Å². The highest BCUT2D eigenvalue weighted by Gasteiger charge is 2.32. The molecule has 1 amide bonds. The fraction of sp³-hybridized carbons (Fsp3) is 0.818. The summed E-state index contributed by atoms with van der Waals surface area (Å²) in [4.78, 5) is 24.6. The number of carboxylic acids is 1. The number of carboxylic acid groups (broad SMARTS) is 1. The normalized spacial score (nSPS) is 30.0. The van der Waals surface area contributed by atoms with Crippen LogP contribution < -0.4 is 5.32 Å². The number of morpholine rings is 1. The number of ether oxygens (including phenoxy) is 1. The molecule has 2 rings (SSSR count). The summed E-state index contributed by atoms with van der Waals surface area (Å²) in [5.41, 5.74) is 0. The third-order valence-corrected chi connectivity index (χ3v) is 3.26. The number of piperidine rings is 1. The van der Waals surface area contributed by atoms with Crippen molar-refractivity contribution in [1.29, 1.82) is 0 Å². The fourth-order valence-electron chi connectivity index (χ4n) is 2.28. The number of aliphatic carboxylic acids is 1. The SMILES string of the molecule is O=C(O)C1CN(C(=O)C2CCCCN2)CCO1. The van der Waals surface area contributed by atoms with Gasteiger partial charge in [-0.1, -0.05) is 6.42 Å². The molecule has 17 heavy (non-hydrogen) atoms. The molecule has 6 nitrogen and oxygen atoms in total. The first-order valence-corrected chi connectivity index (χ1v) is 6.05. The first kappa shape index (κ1) is 12.3. The number of rotatable bonds is 2. The van der Waals surface area contributed by atoms with Crippen molar-refractivity contribution in [3.8, 4) is 0 Å². The van der Waals surface area contributed by atoms with E-state index in [4.69, 9.17) is 9.84 Å². The lowest BCUT2D eigenvalue weighted by molar-refractivity contribution is -0.160. The van der Waals surface area contributed by atoms with E-state index in [0.717, 1.165) is 25.8 Å². The molecule has 0 radical (unpaired) electrons. The van der Waals surface area contributed by atoms with Crippen molar-refractivity contribution >= 4 is 11.9 Å². The maximum atomic E-state index is 12.1. The van der Waals surface area contributed by atoms with E-state index >= 15 is 0 Å². The van der Waals surface area contributed by atoms with E-state index in [1.807, 2.05) is 0 Å². The van der Waals surface area contributed by atoms with Gasteiger partial charge in [0, 0.05) is 6.54 Å². The Balaban J connectivity index is 1.91. The van der Waals surface area contributed by atoms with E-state index in [-0.39, 0.29) is 18.5 Å². The summed E-state index contributed by atoms with van der Waals surface area (Å²) in [7, 11) is 0. The Bertz CT molecular complexity index is 302. The Morgan fingerprint density at radius 1 is 1.35 bits per heavy atom. The molecule has 2 unspecified atom stereocenters. The second kappa shape index (κ2) is 5.46. The Hall–Kier alpha value is -1.14. The zero-order chi connectivity index (χ0) is 12.3. The average Bonchev–Trinajstić information content (AvgIpc) is 2.39. The van der Waals surface area contributed by atoms with E-state index in [2.05, 4.69) is 5.32 Å². The summed E-state index contributed by atoms with van der Waals surface area (Å²) in [5, 5.41) is 12.1. The number of nitrogens with one attached hydrogen (secondary N) is 1. The summed E-state index contributed by atoms with van der Waals surface area (Å²) in [5.74, 6) is -0.988. The van der Waals surface area contributed by atoms with Gasteiger partial charge in [-0.3, -0.25) is 4.79 Å². The third kappa shape index (κ3) is 2.95. The Morgan fingerprint density at radius 2 is 2.18 bits per heavy atom. The molecule has 0 aromatic rings. The number of amides is 1. The van der Waals surface area contributed by atoms with Gasteiger partial charge in [0.1, 0.15) is 0 Å². The standard InChI is InChI=1S/C11H18N2O4/c14-10(8-3-1-2-4-12-8)13-5-6-17-9(7-13)11(15)16/h8-9,12H,1-7H2,(H,15,16). The van der Waals surface area contributed by atoms with Gasteiger partial charge >= 0.3 is 5.97 Å². The molecular weight excluding hydrogens is 224 g/mol. The highest BCUT2D eigenvalue weighted by molar-refractivity contribution is 5.83. The molecular formula is C11H18N2O4. The summed E-state index contributed by atoms with van der Waals surface area (Å²) in [6.45, 7) is 1.81. The van der Waals surface area contributed by atoms with Crippen molar-refractivity contribution in [3.05, 3.63) is 0 Å². The van der Waals surface area contributed by atoms with Crippen molar-refractivity contribution in [2.45, 2.75) is 31.4 Å². The van der Waals surface area contributed by atoms with Crippen molar-refractivity contribution in [2.75, 3.05) is 26.2 Å². The Kier molecular flexibility index (Phi) is 3.96. The largest absolute Gasteiger partial charge is 0.479 e. The predicted octanol–water partition coefficient (Wildman–Crippen LogP) is -0.559. The highest BCUT2D eigenvalue weighted by atomic mass is 16.5. The van der Waals surface area contributed by atoms with Crippen LogP contribution in [0.5, 0.6) is 0 Å². The highest BCUT2D eigenvalue weighted by Crippen LogP contribution is 2.13. The van der Waals surface area contributed by atoms with Crippen molar-refractivity contribution < 1.29 is 19.4 Å². The van der Waals surface area contributed by atoms with Gasteiger partial charge in [-0.2, -0.15) is 0 Å². The van der Waals surface area contributed by atoms with Crippen molar-refractivity contribution in [3.63, 3.8) is 0 Å². The van der Waals surface area contributed by atoms with Crippen LogP contribution in [0, 0.1) is 0 Å². The lowest BCUT2D eigenvalue weighted by Crippen LogP contribution is -2.55. The van der Waals surface area contributed by atoms with E-state index in [1.54, 1.807) is 4.90 Å². The third-order valence-electron chi connectivity index (χ3n) is 3.26. The number of carbonyl (C=O) groups is 2. The van der Waals surface area contributed by atoms with Crippen LogP contribution in [0.25, 0.3) is 0 Å². The average molecular weight is 242 g/mol. The summed E-state index contributed by atoms with van der Waals surface area (Å²) < 4.78 is 5.09. The first-order chi connectivity index (χ1) is 8.18. The summed E-state index contributed by atoms with van der Waals surface area (Å²) in [6, 6.07) is -0.142. The van der Waals surface area contributed by atoms with Gasteiger partial charge < -0.3 is 20.1 Å². The summed E-state index contributed by atoms with van der Waals surface area (Å²) >= 11 is 0. The molecule has 0 aromatic heterocycles. The molecule has 96 valence electrons. The zero-order valence-electron chi connectivity index (χ0n) is 9.72. The maximum Gasteiger partial charge on any atom is 0.334 e. The van der Waals surface area contributed by atoms with Crippen molar-refractivity contribution in [2.24, 2.45) is 0 Å². The van der Waals surface area contributed by atoms with Gasteiger partial charge in [-0.25, -0.2) is 4.79 Å². The van der Waals surface area contributed by atoms with E-state index in [9.17, 15) is 9.59 Å². The quantitative estimate of drug-likeness (QED) is 0.678. The Labute approximate surface area is 99.9 Å². The number of hydrogen-bond acceptors (Lipinski definition) is 4. The van der Waals surface area contributed by atoms with Crippen LogP contribution in [0.4, 0.5) is 0 Å².